The topological polar surface area (TPSA) is 50.3 Å². The number of pyridine rings is 1. The Kier molecular flexibility index (Phi) is 4.77. The third-order valence-corrected chi connectivity index (χ3v) is 3.13. The number of hydrogen-bond acceptors (Lipinski definition) is 3. The van der Waals surface area contributed by atoms with Crippen LogP contribution in [-0.4, -0.2) is 28.6 Å². The maximum absolute atomic E-state index is 12.8. The molecule has 2 aromatic rings. The number of hydrogen-bond donors (Lipinski definition) is 0. The van der Waals surface area contributed by atoms with Gasteiger partial charge in [-0.15, -0.1) is 0 Å². The average molecular weight is 286 g/mol. The lowest BCUT2D eigenvalue weighted by atomic mass is 10.1. The second-order valence-electron chi connectivity index (χ2n) is 4.55. The number of carbonyl (C=O) groups is 2. The zero-order valence-corrected chi connectivity index (χ0v) is 11.6. The van der Waals surface area contributed by atoms with Gasteiger partial charge in [-0.25, -0.2) is 4.98 Å². The molecule has 21 heavy (non-hydrogen) atoms. The van der Waals surface area contributed by atoms with Gasteiger partial charge in [0.15, 0.2) is 0 Å². The van der Waals surface area contributed by atoms with Gasteiger partial charge in [0.05, 0.1) is 5.56 Å². The van der Waals surface area contributed by atoms with E-state index in [-0.39, 0.29) is 5.91 Å². The van der Waals surface area contributed by atoms with Gasteiger partial charge in [-0.05, 0) is 24.6 Å². The molecule has 0 saturated heterocycles. The van der Waals surface area contributed by atoms with Crippen LogP contribution in [-0.2, 0) is 6.54 Å². The summed E-state index contributed by atoms with van der Waals surface area (Å²) < 4.78 is 12.8. The van der Waals surface area contributed by atoms with E-state index >= 15 is 0 Å². The standard InChI is InChI=1S/C16H15FN2O2/c1-2-19(10-12-3-5-13(11-20)6-4-12)16(21)14-7-8-15(17)18-9-14/h3-9,11H,2,10H2,1H3. The van der Waals surface area contributed by atoms with E-state index in [1.807, 2.05) is 19.1 Å². The molecule has 0 radical (unpaired) electrons. The van der Waals surface area contributed by atoms with E-state index in [4.69, 9.17) is 0 Å². The Bertz CT molecular complexity index is 624. The van der Waals surface area contributed by atoms with Crippen molar-refractivity contribution in [1.82, 2.24) is 9.88 Å². The van der Waals surface area contributed by atoms with Gasteiger partial charge in [-0.1, -0.05) is 24.3 Å². The van der Waals surface area contributed by atoms with Gasteiger partial charge in [0.1, 0.15) is 6.29 Å². The van der Waals surface area contributed by atoms with E-state index in [1.54, 1.807) is 17.0 Å². The molecule has 1 aromatic carbocycles. The third-order valence-electron chi connectivity index (χ3n) is 3.13. The molecule has 0 atom stereocenters. The summed E-state index contributed by atoms with van der Waals surface area (Å²) in [5.41, 5.74) is 1.87. The van der Waals surface area contributed by atoms with Crippen LogP contribution < -0.4 is 0 Å². The summed E-state index contributed by atoms with van der Waals surface area (Å²) in [6.45, 7) is 2.81. The molecular weight excluding hydrogens is 271 g/mol. The number of nitrogens with zero attached hydrogens (tertiary/aromatic N) is 2. The highest BCUT2D eigenvalue weighted by Crippen LogP contribution is 2.10. The van der Waals surface area contributed by atoms with Crippen molar-refractivity contribution in [2.75, 3.05) is 6.54 Å². The fraction of sp³-hybridized carbons (Fsp3) is 0.188. The smallest absolute Gasteiger partial charge is 0.255 e. The summed E-state index contributed by atoms with van der Waals surface area (Å²) in [4.78, 5) is 28.1. The molecule has 0 saturated carbocycles. The molecule has 2 rings (SSSR count). The molecule has 5 heteroatoms. The first kappa shape index (κ1) is 14.8. The molecular formula is C16H15FN2O2. The molecule has 1 amide bonds. The molecule has 4 nitrogen and oxygen atoms in total. The van der Waals surface area contributed by atoms with Gasteiger partial charge in [-0.2, -0.15) is 4.39 Å². The van der Waals surface area contributed by atoms with Crippen molar-refractivity contribution in [2.45, 2.75) is 13.5 Å². The van der Waals surface area contributed by atoms with E-state index in [0.717, 1.165) is 11.8 Å². The van der Waals surface area contributed by atoms with Crippen LogP contribution in [0.15, 0.2) is 42.6 Å². The molecule has 0 fully saturated rings. The Morgan fingerprint density at radius 3 is 2.48 bits per heavy atom. The minimum absolute atomic E-state index is 0.204. The first-order chi connectivity index (χ1) is 10.1. The molecule has 1 aromatic heterocycles. The maximum Gasteiger partial charge on any atom is 0.255 e. The summed E-state index contributed by atoms with van der Waals surface area (Å²) in [7, 11) is 0. The van der Waals surface area contributed by atoms with E-state index < -0.39 is 5.95 Å². The highest BCUT2D eigenvalue weighted by Gasteiger charge is 2.15. The summed E-state index contributed by atoms with van der Waals surface area (Å²) in [5, 5.41) is 0. The zero-order valence-electron chi connectivity index (χ0n) is 11.6. The lowest BCUT2D eigenvalue weighted by molar-refractivity contribution is 0.0752. The van der Waals surface area contributed by atoms with Crippen molar-refractivity contribution in [3.63, 3.8) is 0 Å². The number of carbonyl (C=O) groups excluding carboxylic acids is 2. The van der Waals surface area contributed by atoms with Crippen LogP contribution in [0.1, 0.15) is 33.2 Å². The third kappa shape index (κ3) is 3.72. The normalized spacial score (nSPS) is 10.2. The molecule has 0 aliphatic heterocycles. The molecule has 1 heterocycles. The fourth-order valence-electron chi connectivity index (χ4n) is 1.93. The second-order valence-corrected chi connectivity index (χ2v) is 4.55. The SMILES string of the molecule is CCN(Cc1ccc(C=O)cc1)C(=O)c1ccc(F)nc1. The van der Waals surface area contributed by atoms with Crippen LogP contribution in [0.4, 0.5) is 4.39 Å². The van der Waals surface area contributed by atoms with Gasteiger partial charge in [-0.3, -0.25) is 9.59 Å². The number of amides is 1. The number of rotatable bonds is 5. The van der Waals surface area contributed by atoms with E-state index in [9.17, 15) is 14.0 Å². The van der Waals surface area contributed by atoms with Gasteiger partial charge in [0, 0.05) is 24.8 Å². The van der Waals surface area contributed by atoms with E-state index in [0.29, 0.717) is 24.2 Å². The van der Waals surface area contributed by atoms with Crippen LogP contribution in [0.5, 0.6) is 0 Å². The van der Waals surface area contributed by atoms with Crippen molar-refractivity contribution in [3.8, 4) is 0 Å². The van der Waals surface area contributed by atoms with Gasteiger partial charge in [0.2, 0.25) is 5.95 Å². The van der Waals surface area contributed by atoms with Crippen LogP contribution in [0, 0.1) is 5.95 Å². The van der Waals surface area contributed by atoms with Crippen LogP contribution in [0.3, 0.4) is 0 Å². The molecule has 0 unspecified atom stereocenters. The second kappa shape index (κ2) is 6.74. The fourth-order valence-corrected chi connectivity index (χ4v) is 1.93. The Morgan fingerprint density at radius 2 is 1.95 bits per heavy atom. The van der Waals surface area contributed by atoms with Gasteiger partial charge < -0.3 is 4.90 Å². The summed E-state index contributed by atoms with van der Waals surface area (Å²) in [5.74, 6) is -0.816. The number of halogens is 1. The average Bonchev–Trinajstić information content (AvgIpc) is 2.53. The Hall–Kier alpha value is -2.56. The zero-order chi connectivity index (χ0) is 15.2. The predicted octanol–water partition coefficient (Wildman–Crippen LogP) is 2.70. The van der Waals surface area contributed by atoms with Crippen molar-refractivity contribution >= 4 is 12.2 Å². The largest absolute Gasteiger partial charge is 0.335 e. The summed E-state index contributed by atoms with van der Waals surface area (Å²) in [6, 6.07) is 9.62. The van der Waals surface area contributed by atoms with Crippen molar-refractivity contribution < 1.29 is 14.0 Å². The Labute approximate surface area is 122 Å². The van der Waals surface area contributed by atoms with Crippen LogP contribution >= 0.6 is 0 Å². The van der Waals surface area contributed by atoms with Crippen molar-refractivity contribution in [2.24, 2.45) is 0 Å². The minimum atomic E-state index is -0.612. The summed E-state index contributed by atoms with van der Waals surface area (Å²) in [6.07, 6.45) is 2.01. The summed E-state index contributed by atoms with van der Waals surface area (Å²) >= 11 is 0. The highest BCUT2D eigenvalue weighted by molar-refractivity contribution is 5.93. The van der Waals surface area contributed by atoms with Gasteiger partial charge in [0.25, 0.3) is 5.91 Å². The van der Waals surface area contributed by atoms with E-state index in [1.165, 1.54) is 18.3 Å². The van der Waals surface area contributed by atoms with Gasteiger partial charge >= 0.3 is 0 Å². The maximum atomic E-state index is 12.8. The molecule has 108 valence electrons. The number of aldehydes is 1. The molecule has 0 aliphatic carbocycles. The lowest BCUT2D eigenvalue weighted by Gasteiger charge is -2.21. The molecule has 0 aliphatic rings. The first-order valence-electron chi connectivity index (χ1n) is 6.59. The van der Waals surface area contributed by atoms with Crippen LogP contribution in [0.25, 0.3) is 0 Å². The molecule has 0 spiro atoms. The van der Waals surface area contributed by atoms with Crippen molar-refractivity contribution in [1.29, 1.82) is 0 Å². The minimum Gasteiger partial charge on any atom is -0.335 e. The monoisotopic (exact) mass is 286 g/mol. The lowest BCUT2D eigenvalue weighted by Crippen LogP contribution is -2.30. The molecule has 0 bridgehead atoms. The Morgan fingerprint density at radius 1 is 1.24 bits per heavy atom. The first-order valence-corrected chi connectivity index (χ1v) is 6.59. The molecule has 0 N–H and O–H groups in total. The highest BCUT2D eigenvalue weighted by atomic mass is 19.1. The Balaban J connectivity index is 2.12. The quantitative estimate of drug-likeness (QED) is 0.627. The predicted molar refractivity (Wildman–Crippen MR) is 76.4 cm³/mol. The van der Waals surface area contributed by atoms with E-state index in [2.05, 4.69) is 4.98 Å². The number of aromatic nitrogens is 1. The van der Waals surface area contributed by atoms with Crippen molar-refractivity contribution in [3.05, 3.63) is 65.2 Å². The van der Waals surface area contributed by atoms with Crippen LogP contribution in [0.2, 0.25) is 0 Å². The number of benzene rings is 1.